The zero-order chi connectivity index (χ0) is 34.6. The van der Waals surface area contributed by atoms with Crippen LogP contribution < -0.4 is 4.90 Å². The number of rotatable bonds is 4. The van der Waals surface area contributed by atoms with Crippen LogP contribution in [0, 0.1) is 0 Å². The molecule has 1 atom stereocenters. The lowest BCUT2D eigenvalue weighted by molar-refractivity contribution is 0.702. The Balaban J connectivity index is 1.17. The van der Waals surface area contributed by atoms with Gasteiger partial charge in [0.15, 0.2) is 0 Å². The number of para-hydroxylation sites is 1. The average Bonchev–Trinajstić information content (AvgIpc) is 3.72. The van der Waals surface area contributed by atoms with E-state index in [0.29, 0.717) is 0 Å². The molecule has 1 aliphatic heterocycles. The molecule has 2 heterocycles. The zero-order valence-corrected chi connectivity index (χ0v) is 29.5. The molecule has 2 heteroatoms. The molecule has 2 aliphatic rings. The summed E-state index contributed by atoms with van der Waals surface area (Å²) in [4.78, 5) is 2.49. The molecule has 0 fully saturated rings. The van der Waals surface area contributed by atoms with Gasteiger partial charge >= 0.3 is 0 Å². The number of benzene rings is 8. The van der Waals surface area contributed by atoms with E-state index < -0.39 is 0 Å². The van der Waals surface area contributed by atoms with E-state index in [4.69, 9.17) is 0 Å². The zero-order valence-electron chi connectivity index (χ0n) is 28.7. The highest BCUT2D eigenvalue weighted by Gasteiger charge is 2.48. The van der Waals surface area contributed by atoms with E-state index in [1.807, 2.05) is 17.4 Å². The fraction of sp³-hybridized carbons (Fsp3) is 0.0400. The predicted molar refractivity (Wildman–Crippen MR) is 223 cm³/mol. The second-order valence-corrected chi connectivity index (χ2v) is 15.3. The van der Waals surface area contributed by atoms with Gasteiger partial charge in [0.05, 0.1) is 17.1 Å². The molecular weight excluding hydrogens is 647 g/mol. The highest BCUT2D eigenvalue weighted by atomic mass is 32.1. The molecule has 11 rings (SSSR count). The molecule has 0 radical (unpaired) electrons. The third kappa shape index (κ3) is 3.88. The van der Waals surface area contributed by atoms with Crippen molar-refractivity contribution in [3.8, 4) is 33.4 Å². The maximum absolute atomic E-state index is 4.23. The Bertz CT molecular complexity index is 2960. The molecule has 1 nitrogen and oxygen atoms in total. The normalized spacial score (nSPS) is 15.5. The van der Waals surface area contributed by atoms with Gasteiger partial charge < -0.3 is 4.90 Å². The summed E-state index contributed by atoms with van der Waals surface area (Å²) in [7, 11) is 0. The average molecular weight is 680 g/mol. The van der Waals surface area contributed by atoms with Gasteiger partial charge in [0.25, 0.3) is 0 Å². The third-order valence-electron chi connectivity index (χ3n) is 11.6. The Kier molecular flexibility index (Phi) is 6.18. The fourth-order valence-corrected chi connectivity index (χ4v) is 10.5. The van der Waals surface area contributed by atoms with Crippen LogP contribution in [0.15, 0.2) is 170 Å². The smallest absolute Gasteiger partial charge is 0.0534 e. The van der Waals surface area contributed by atoms with E-state index in [2.05, 4.69) is 182 Å². The van der Waals surface area contributed by atoms with Crippen molar-refractivity contribution in [3.05, 3.63) is 193 Å². The Morgan fingerprint density at radius 2 is 1.15 bits per heavy atom. The third-order valence-corrected chi connectivity index (χ3v) is 12.8. The monoisotopic (exact) mass is 679 g/mol. The van der Waals surface area contributed by atoms with Crippen molar-refractivity contribution >= 4 is 65.4 Å². The van der Waals surface area contributed by atoms with Gasteiger partial charge in [-0.2, -0.15) is 0 Å². The maximum Gasteiger partial charge on any atom is 0.0534 e. The SMILES string of the molecule is C=Cc1ccccc1N1c2cc(-c3ccc(-c4cccc5sc6ccccc6c45)c4ccccc34)ccc2C2(C)c3ccccc3-c3cccc1c32. The molecule has 1 aliphatic carbocycles. The number of fused-ring (bicyclic) bond motifs is 9. The van der Waals surface area contributed by atoms with Crippen molar-refractivity contribution in [3.63, 3.8) is 0 Å². The summed E-state index contributed by atoms with van der Waals surface area (Å²) in [6, 6.07) is 60.8. The molecule has 0 saturated carbocycles. The van der Waals surface area contributed by atoms with Crippen LogP contribution in [0.1, 0.15) is 29.2 Å². The van der Waals surface area contributed by atoms with Crippen LogP contribution in [0.2, 0.25) is 0 Å². The summed E-state index contributed by atoms with van der Waals surface area (Å²) in [6.07, 6.45) is 1.98. The highest BCUT2D eigenvalue weighted by molar-refractivity contribution is 7.25. The number of hydrogen-bond acceptors (Lipinski definition) is 2. The second-order valence-electron chi connectivity index (χ2n) is 14.2. The van der Waals surface area contributed by atoms with Gasteiger partial charge in [-0.25, -0.2) is 0 Å². The molecule has 1 unspecified atom stereocenters. The first-order chi connectivity index (χ1) is 25.6. The number of thiophene rings is 1. The molecule has 0 saturated heterocycles. The molecule has 9 aromatic rings. The lowest BCUT2D eigenvalue weighted by Crippen LogP contribution is -2.32. The van der Waals surface area contributed by atoms with Gasteiger partial charge in [-0.3, -0.25) is 0 Å². The van der Waals surface area contributed by atoms with E-state index in [1.165, 1.54) is 92.4 Å². The second kappa shape index (κ2) is 10.9. The van der Waals surface area contributed by atoms with Crippen molar-refractivity contribution in [2.45, 2.75) is 12.3 Å². The highest BCUT2D eigenvalue weighted by Crippen LogP contribution is 2.62. The van der Waals surface area contributed by atoms with Gasteiger partial charge in [-0.1, -0.05) is 146 Å². The summed E-state index contributed by atoms with van der Waals surface area (Å²) in [6.45, 7) is 6.65. The van der Waals surface area contributed by atoms with Crippen molar-refractivity contribution in [2.24, 2.45) is 0 Å². The topological polar surface area (TPSA) is 3.24 Å². The minimum absolute atomic E-state index is 0.288. The summed E-state index contributed by atoms with van der Waals surface area (Å²) in [5, 5.41) is 5.19. The van der Waals surface area contributed by atoms with Crippen LogP contribution in [0.25, 0.3) is 70.4 Å². The van der Waals surface area contributed by atoms with E-state index in [-0.39, 0.29) is 5.41 Å². The minimum Gasteiger partial charge on any atom is -0.309 e. The Morgan fingerprint density at radius 3 is 2.04 bits per heavy atom. The summed E-state index contributed by atoms with van der Waals surface area (Å²) in [5.74, 6) is 0. The first kappa shape index (κ1) is 29.5. The largest absolute Gasteiger partial charge is 0.309 e. The fourth-order valence-electron chi connectivity index (χ4n) is 9.39. The Labute approximate surface area is 307 Å². The van der Waals surface area contributed by atoms with Gasteiger partial charge in [0, 0.05) is 25.6 Å². The van der Waals surface area contributed by atoms with Gasteiger partial charge in [-0.15, -0.1) is 11.3 Å². The molecule has 0 bridgehead atoms. The molecular formula is C50H33NS. The first-order valence-electron chi connectivity index (χ1n) is 18.0. The molecule has 0 amide bonds. The number of hydrogen-bond donors (Lipinski definition) is 0. The van der Waals surface area contributed by atoms with Crippen LogP contribution in [0.3, 0.4) is 0 Å². The van der Waals surface area contributed by atoms with Crippen LogP contribution >= 0.6 is 11.3 Å². The standard InChI is InChI=1S/C50H33NS/c1-3-31-14-4-10-22-43(31)51-44-23-12-20-39-37-17-7-9-21-41(37)50(2,49(39)44)42-29-26-32(30-45(42)51)33-27-28-36(35-16-6-5-15-34(33)35)38-19-13-25-47-48(38)40-18-8-11-24-46(40)52-47/h3-30H,1H2,2H3. The predicted octanol–water partition coefficient (Wildman–Crippen LogP) is 14.3. The molecule has 0 spiro atoms. The Morgan fingerprint density at radius 1 is 0.500 bits per heavy atom. The van der Waals surface area contributed by atoms with Gasteiger partial charge in [-0.05, 0) is 104 Å². The van der Waals surface area contributed by atoms with Crippen molar-refractivity contribution < 1.29 is 0 Å². The van der Waals surface area contributed by atoms with E-state index >= 15 is 0 Å². The van der Waals surface area contributed by atoms with Crippen molar-refractivity contribution in [1.82, 2.24) is 0 Å². The minimum atomic E-state index is -0.288. The van der Waals surface area contributed by atoms with E-state index in [0.717, 1.165) is 11.3 Å². The van der Waals surface area contributed by atoms with Gasteiger partial charge in [0.2, 0.25) is 0 Å². The van der Waals surface area contributed by atoms with Crippen LogP contribution in [0.5, 0.6) is 0 Å². The number of nitrogens with zero attached hydrogens (tertiary/aromatic N) is 1. The van der Waals surface area contributed by atoms with E-state index in [9.17, 15) is 0 Å². The Hall–Kier alpha value is -6.22. The lowest BCUT2D eigenvalue weighted by atomic mass is 9.70. The summed E-state index contributed by atoms with van der Waals surface area (Å²) in [5.41, 5.74) is 16.1. The van der Waals surface area contributed by atoms with Crippen molar-refractivity contribution in [1.29, 1.82) is 0 Å². The number of anilines is 3. The first-order valence-corrected chi connectivity index (χ1v) is 18.8. The lowest BCUT2D eigenvalue weighted by Gasteiger charge is -2.43. The van der Waals surface area contributed by atoms with Crippen molar-refractivity contribution in [2.75, 3.05) is 4.90 Å². The maximum atomic E-state index is 4.23. The summed E-state index contributed by atoms with van der Waals surface area (Å²) < 4.78 is 2.65. The molecule has 244 valence electrons. The van der Waals surface area contributed by atoms with Crippen LogP contribution in [0.4, 0.5) is 17.1 Å². The molecule has 1 aromatic heterocycles. The van der Waals surface area contributed by atoms with Crippen LogP contribution in [-0.4, -0.2) is 0 Å². The summed E-state index contributed by atoms with van der Waals surface area (Å²) >= 11 is 1.88. The quantitative estimate of drug-likeness (QED) is 0.179. The van der Waals surface area contributed by atoms with Gasteiger partial charge in [0.1, 0.15) is 0 Å². The molecule has 52 heavy (non-hydrogen) atoms. The van der Waals surface area contributed by atoms with Crippen LogP contribution in [-0.2, 0) is 5.41 Å². The molecule has 8 aromatic carbocycles. The van der Waals surface area contributed by atoms with E-state index in [1.54, 1.807) is 0 Å². The molecule has 0 N–H and O–H groups in total.